The Morgan fingerprint density at radius 2 is 1.09 bits per heavy atom. The Labute approximate surface area is 314 Å². The molecule has 53 heavy (non-hydrogen) atoms. The molecule has 1 heterocycles. The second-order valence-corrected chi connectivity index (χ2v) is 14.5. The second-order valence-electron chi connectivity index (χ2n) is 14.5. The largest absolute Gasteiger partial charge is 0.444 e. The highest BCUT2D eigenvalue weighted by Gasteiger charge is 2.48. The van der Waals surface area contributed by atoms with Crippen LogP contribution in [-0.4, -0.2) is 66.6 Å². The maximum absolute atomic E-state index is 12.5. The lowest BCUT2D eigenvalue weighted by Gasteiger charge is -2.46. The van der Waals surface area contributed by atoms with Gasteiger partial charge >= 0.3 is 6.09 Å². The summed E-state index contributed by atoms with van der Waals surface area (Å²) < 4.78 is 39.1. The predicted octanol–water partition coefficient (Wildman–Crippen LogP) is 7.78. The van der Waals surface area contributed by atoms with Crippen LogP contribution >= 0.6 is 0 Å². The van der Waals surface area contributed by atoms with Crippen molar-refractivity contribution in [2.45, 2.75) is 109 Å². The predicted molar refractivity (Wildman–Crippen MR) is 204 cm³/mol. The molecule has 1 fully saturated rings. The molecule has 0 bridgehead atoms. The number of aliphatic hydroxyl groups is 1. The zero-order chi connectivity index (χ0) is 37.3. The van der Waals surface area contributed by atoms with Crippen molar-refractivity contribution in [3.8, 4) is 0 Å². The van der Waals surface area contributed by atoms with E-state index in [1.54, 1.807) is 0 Å². The van der Waals surface area contributed by atoms with E-state index in [1.165, 1.54) is 0 Å². The standard InChI is InChI=1S/C44H55NO8/c1-44(2,3)53-43(47)45-37(27-46)25-16-26-38-40(49-29-34-19-10-5-11-20-34)42(51-31-36-23-14-7-15-24-36)41(50-30-35-21-12-6-13-22-35)39(52-38)32-48-28-33-17-8-4-9-18-33/h4-15,17-24,37-42,46H,16,25-32H2,1-3H3,(H,45,47)/t37-,38-,39+,40-,41-,42+/m0/s1. The summed E-state index contributed by atoms with van der Waals surface area (Å²) >= 11 is 0. The fourth-order valence-electron chi connectivity index (χ4n) is 6.37. The zero-order valence-electron chi connectivity index (χ0n) is 31.2. The number of carbonyl (C=O) groups excluding carboxylic acids is 1. The molecule has 5 rings (SSSR count). The zero-order valence-corrected chi connectivity index (χ0v) is 31.2. The molecular weight excluding hydrogens is 670 g/mol. The van der Waals surface area contributed by atoms with Gasteiger partial charge in [0.2, 0.25) is 0 Å². The number of carbonyl (C=O) groups is 1. The normalized spacial score (nSPS) is 20.8. The first-order chi connectivity index (χ1) is 25.8. The summed E-state index contributed by atoms with van der Waals surface area (Å²) in [5.74, 6) is 0. The minimum absolute atomic E-state index is 0.215. The number of hydrogen-bond acceptors (Lipinski definition) is 8. The second kappa shape index (κ2) is 21.0. The summed E-state index contributed by atoms with van der Waals surface area (Å²) in [4.78, 5) is 12.5. The van der Waals surface area contributed by atoms with Gasteiger partial charge in [0.05, 0.1) is 51.8 Å². The Hall–Kier alpha value is -4.09. The molecule has 0 spiro atoms. The van der Waals surface area contributed by atoms with Gasteiger partial charge in [-0.3, -0.25) is 0 Å². The molecule has 0 aliphatic carbocycles. The quantitative estimate of drug-likeness (QED) is 0.101. The van der Waals surface area contributed by atoms with Crippen molar-refractivity contribution in [1.82, 2.24) is 5.32 Å². The number of amides is 1. The van der Waals surface area contributed by atoms with Gasteiger partial charge in [-0.25, -0.2) is 4.79 Å². The lowest BCUT2D eigenvalue weighted by atomic mass is 9.91. The fourth-order valence-corrected chi connectivity index (χ4v) is 6.37. The number of rotatable bonds is 19. The van der Waals surface area contributed by atoms with Crippen LogP contribution in [0.1, 0.15) is 62.3 Å². The first kappa shape index (κ1) is 40.1. The van der Waals surface area contributed by atoms with E-state index in [0.29, 0.717) is 45.7 Å². The van der Waals surface area contributed by atoms with E-state index >= 15 is 0 Å². The summed E-state index contributed by atoms with van der Waals surface area (Å²) in [6, 6.07) is 39.8. The Morgan fingerprint density at radius 1 is 0.660 bits per heavy atom. The lowest BCUT2D eigenvalue weighted by Crippen LogP contribution is -2.61. The number of aliphatic hydroxyl groups excluding tert-OH is 1. The average Bonchev–Trinajstić information content (AvgIpc) is 3.16. The highest BCUT2D eigenvalue weighted by atomic mass is 16.6. The van der Waals surface area contributed by atoms with Gasteiger partial charge in [0.1, 0.15) is 30.0 Å². The molecule has 0 unspecified atom stereocenters. The molecule has 4 aromatic rings. The topological polar surface area (TPSA) is 105 Å². The van der Waals surface area contributed by atoms with Crippen molar-refractivity contribution in [1.29, 1.82) is 0 Å². The third kappa shape index (κ3) is 13.7. The minimum atomic E-state index is -0.644. The number of ether oxygens (including phenoxy) is 6. The average molecular weight is 726 g/mol. The molecule has 9 nitrogen and oxygen atoms in total. The monoisotopic (exact) mass is 725 g/mol. The minimum Gasteiger partial charge on any atom is -0.444 e. The lowest BCUT2D eigenvalue weighted by molar-refractivity contribution is -0.273. The van der Waals surface area contributed by atoms with Gasteiger partial charge in [-0.05, 0) is 62.3 Å². The van der Waals surface area contributed by atoms with Crippen molar-refractivity contribution >= 4 is 6.09 Å². The molecule has 0 saturated carbocycles. The number of hydrogen-bond donors (Lipinski definition) is 2. The Kier molecular flexibility index (Phi) is 15.9. The van der Waals surface area contributed by atoms with Crippen LogP contribution < -0.4 is 5.32 Å². The van der Waals surface area contributed by atoms with E-state index in [0.717, 1.165) is 22.3 Å². The molecule has 4 aromatic carbocycles. The Balaban J connectivity index is 1.40. The molecule has 0 radical (unpaired) electrons. The van der Waals surface area contributed by atoms with Crippen molar-refractivity contribution in [2.24, 2.45) is 0 Å². The van der Waals surface area contributed by atoms with E-state index in [2.05, 4.69) is 5.32 Å². The smallest absolute Gasteiger partial charge is 0.407 e. The third-order valence-corrected chi connectivity index (χ3v) is 8.96. The van der Waals surface area contributed by atoms with Crippen LogP contribution in [-0.2, 0) is 54.8 Å². The maximum atomic E-state index is 12.5. The molecule has 1 amide bonds. The molecule has 2 N–H and O–H groups in total. The number of nitrogens with one attached hydrogen (secondary N) is 1. The van der Waals surface area contributed by atoms with Gasteiger partial charge in [0, 0.05) is 0 Å². The van der Waals surface area contributed by atoms with Crippen LogP contribution in [0.3, 0.4) is 0 Å². The fraction of sp³-hybridized carbons (Fsp3) is 0.432. The molecule has 1 aliphatic heterocycles. The van der Waals surface area contributed by atoms with Gasteiger partial charge in [0.25, 0.3) is 0 Å². The van der Waals surface area contributed by atoms with Gasteiger partial charge in [0.15, 0.2) is 0 Å². The highest BCUT2D eigenvalue weighted by Crippen LogP contribution is 2.33. The van der Waals surface area contributed by atoms with Gasteiger partial charge in [-0.2, -0.15) is 0 Å². The summed E-state index contributed by atoms with van der Waals surface area (Å²) in [6.45, 7) is 6.99. The Bertz CT molecular complexity index is 1590. The van der Waals surface area contributed by atoms with Gasteiger partial charge in [-0.1, -0.05) is 121 Å². The highest BCUT2D eigenvalue weighted by molar-refractivity contribution is 5.68. The van der Waals surface area contributed by atoms with Crippen LogP contribution in [0.4, 0.5) is 4.79 Å². The molecule has 284 valence electrons. The molecular formula is C44H55NO8. The molecule has 1 saturated heterocycles. The summed E-state index contributed by atoms with van der Waals surface area (Å²) in [6.07, 6.45) is -1.24. The number of benzene rings is 4. The van der Waals surface area contributed by atoms with Gasteiger partial charge < -0.3 is 38.8 Å². The Morgan fingerprint density at radius 3 is 1.55 bits per heavy atom. The van der Waals surface area contributed by atoms with E-state index < -0.39 is 48.3 Å². The van der Waals surface area contributed by atoms with E-state index in [-0.39, 0.29) is 13.2 Å². The maximum Gasteiger partial charge on any atom is 0.407 e. The third-order valence-electron chi connectivity index (χ3n) is 8.96. The van der Waals surface area contributed by atoms with Crippen molar-refractivity contribution in [3.63, 3.8) is 0 Å². The summed E-state index contributed by atoms with van der Waals surface area (Å²) in [5.41, 5.74) is 3.53. The summed E-state index contributed by atoms with van der Waals surface area (Å²) in [7, 11) is 0. The number of alkyl carbamates (subject to hydrolysis) is 1. The van der Waals surface area contributed by atoms with Crippen molar-refractivity contribution in [3.05, 3.63) is 144 Å². The first-order valence-corrected chi connectivity index (χ1v) is 18.6. The molecule has 9 heteroatoms. The van der Waals surface area contributed by atoms with Crippen molar-refractivity contribution in [2.75, 3.05) is 13.2 Å². The van der Waals surface area contributed by atoms with Crippen LogP contribution in [0.25, 0.3) is 0 Å². The first-order valence-electron chi connectivity index (χ1n) is 18.6. The molecule has 0 aromatic heterocycles. The summed E-state index contributed by atoms with van der Waals surface area (Å²) in [5, 5.41) is 12.9. The van der Waals surface area contributed by atoms with Crippen LogP contribution in [0.15, 0.2) is 121 Å². The van der Waals surface area contributed by atoms with Crippen LogP contribution in [0.5, 0.6) is 0 Å². The molecule has 1 aliphatic rings. The van der Waals surface area contributed by atoms with E-state index in [4.69, 9.17) is 28.4 Å². The van der Waals surface area contributed by atoms with Gasteiger partial charge in [-0.15, -0.1) is 0 Å². The SMILES string of the molecule is CC(C)(C)OC(=O)N[C@H](CO)CCC[C@@H]1O[C@H](COCc2ccccc2)[C@H](OCc2ccccc2)[C@H](OCc2ccccc2)[C@H]1OCc1ccccc1. The van der Waals surface area contributed by atoms with Crippen LogP contribution in [0, 0.1) is 0 Å². The van der Waals surface area contributed by atoms with Crippen molar-refractivity contribution < 1.29 is 38.3 Å². The van der Waals surface area contributed by atoms with Crippen LogP contribution in [0.2, 0.25) is 0 Å². The van der Waals surface area contributed by atoms with E-state index in [9.17, 15) is 9.90 Å². The van der Waals surface area contributed by atoms with E-state index in [1.807, 2.05) is 142 Å². The molecule has 6 atom stereocenters.